The largest absolute Gasteiger partial charge is 0.496 e. The lowest BCUT2D eigenvalue weighted by atomic mass is 10.2. The van der Waals surface area contributed by atoms with Crippen LogP contribution in [0.5, 0.6) is 5.75 Å². The summed E-state index contributed by atoms with van der Waals surface area (Å²) in [6, 6.07) is 4.94. The van der Waals surface area contributed by atoms with Gasteiger partial charge in [0.15, 0.2) is 0 Å². The van der Waals surface area contributed by atoms with Crippen LogP contribution in [0.15, 0.2) is 23.1 Å². The van der Waals surface area contributed by atoms with Gasteiger partial charge < -0.3 is 15.8 Å². The lowest BCUT2D eigenvalue weighted by Crippen LogP contribution is -2.33. The highest BCUT2D eigenvalue weighted by molar-refractivity contribution is 7.80. The van der Waals surface area contributed by atoms with E-state index in [4.69, 9.17) is 10.5 Å². The van der Waals surface area contributed by atoms with Crippen LogP contribution in [0.1, 0.15) is 10.4 Å². The van der Waals surface area contributed by atoms with Crippen molar-refractivity contribution in [2.45, 2.75) is 4.90 Å². The first-order chi connectivity index (χ1) is 7.56. The van der Waals surface area contributed by atoms with Crippen molar-refractivity contribution in [2.75, 3.05) is 13.7 Å². The molecule has 1 aromatic carbocycles. The summed E-state index contributed by atoms with van der Waals surface area (Å²) in [5.41, 5.74) is 5.25. The van der Waals surface area contributed by atoms with E-state index in [1.165, 1.54) is 7.11 Å². The van der Waals surface area contributed by atoms with Crippen molar-refractivity contribution in [3.8, 4) is 5.75 Å². The van der Waals surface area contributed by atoms with Gasteiger partial charge in [0.05, 0.1) is 24.1 Å². The Morgan fingerprint density at radius 2 is 2.19 bits per heavy atom. The number of amides is 2. The predicted molar refractivity (Wildman–Crippen MR) is 61.8 cm³/mol. The highest BCUT2D eigenvalue weighted by Gasteiger charge is 2.12. The number of methoxy groups -OCH3 is 1. The summed E-state index contributed by atoms with van der Waals surface area (Å²) >= 11 is 4.17. The maximum absolute atomic E-state index is 11.6. The third-order valence-corrected chi connectivity index (χ3v) is 2.35. The summed E-state index contributed by atoms with van der Waals surface area (Å²) in [5, 5.41) is 2.37. The number of carbonyl (C=O) groups is 2. The molecule has 0 aliphatic rings. The number of hydrogen-bond acceptors (Lipinski definition) is 4. The van der Waals surface area contributed by atoms with E-state index in [0.29, 0.717) is 16.2 Å². The summed E-state index contributed by atoms with van der Waals surface area (Å²) in [5.74, 6) is -0.519. The number of nitrogens with one attached hydrogen (secondary N) is 1. The topological polar surface area (TPSA) is 81.4 Å². The number of rotatable bonds is 4. The summed E-state index contributed by atoms with van der Waals surface area (Å²) < 4.78 is 5.01. The molecule has 0 saturated heterocycles. The van der Waals surface area contributed by atoms with E-state index in [0.717, 1.165) is 0 Å². The molecule has 3 N–H and O–H groups in total. The minimum absolute atomic E-state index is 0.205. The average molecular weight is 240 g/mol. The minimum atomic E-state index is -0.600. The molecule has 0 fully saturated rings. The van der Waals surface area contributed by atoms with Crippen LogP contribution < -0.4 is 15.8 Å². The third-order valence-electron chi connectivity index (χ3n) is 1.89. The van der Waals surface area contributed by atoms with E-state index in [1.54, 1.807) is 18.2 Å². The molecule has 1 aromatic rings. The second-order valence-electron chi connectivity index (χ2n) is 3.01. The van der Waals surface area contributed by atoms with Gasteiger partial charge in [-0.15, -0.1) is 12.6 Å². The Kier molecular flexibility index (Phi) is 4.19. The molecule has 0 radical (unpaired) electrons. The van der Waals surface area contributed by atoms with Crippen molar-refractivity contribution < 1.29 is 14.3 Å². The van der Waals surface area contributed by atoms with Gasteiger partial charge in [0.2, 0.25) is 5.91 Å². The highest BCUT2D eigenvalue weighted by atomic mass is 32.1. The van der Waals surface area contributed by atoms with Gasteiger partial charge in [-0.05, 0) is 12.1 Å². The number of benzene rings is 1. The molecule has 0 unspecified atom stereocenters. The van der Waals surface area contributed by atoms with Crippen molar-refractivity contribution >= 4 is 24.4 Å². The number of primary amides is 1. The molecule has 5 nitrogen and oxygen atoms in total. The zero-order chi connectivity index (χ0) is 12.1. The summed E-state index contributed by atoms with van der Waals surface area (Å²) in [4.78, 5) is 22.5. The maximum atomic E-state index is 11.6. The SMILES string of the molecule is COc1cccc(C(=O)NCC(N)=O)c1S. The predicted octanol–water partition coefficient (Wildman–Crippen LogP) is 0.199. The van der Waals surface area contributed by atoms with Crippen molar-refractivity contribution in [1.29, 1.82) is 0 Å². The van der Waals surface area contributed by atoms with Crippen molar-refractivity contribution in [1.82, 2.24) is 5.32 Å². The number of thiol groups is 1. The Bertz CT molecular complexity index is 421. The average Bonchev–Trinajstić information content (AvgIpc) is 2.26. The normalized spacial score (nSPS) is 9.62. The summed E-state index contributed by atoms with van der Waals surface area (Å²) in [6.45, 7) is -0.205. The lowest BCUT2D eigenvalue weighted by Gasteiger charge is -2.08. The second-order valence-corrected chi connectivity index (χ2v) is 3.45. The molecular formula is C10H12N2O3S. The van der Waals surface area contributed by atoms with E-state index < -0.39 is 11.8 Å². The second kappa shape index (κ2) is 5.41. The molecule has 1 rings (SSSR count). The van der Waals surface area contributed by atoms with Crippen LogP contribution in [-0.2, 0) is 4.79 Å². The zero-order valence-electron chi connectivity index (χ0n) is 8.69. The Morgan fingerprint density at radius 1 is 1.50 bits per heavy atom. The molecule has 0 atom stereocenters. The minimum Gasteiger partial charge on any atom is -0.496 e. The first kappa shape index (κ1) is 12.4. The molecule has 6 heteroatoms. The van der Waals surface area contributed by atoms with Gasteiger partial charge in [0, 0.05) is 0 Å². The molecule has 0 heterocycles. The molecule has 86 valence electrons. The van der Waals surface area contributed by atoms with Gasteiger partial charge in [-0.3, -0.25) is 9.59 Å². The van der Waals surface area contributed by atoms with E-state index in [1.807, 2.05) is 0 Å². The van der Waals surface area contributed by atoms with Crippen molar-refractivity contribution in [3.63, 3.8) is 0 Å². The van der Waals surface area contributed by atoms with Gasteiger partial charge in [-0.2, -0.15) is 0 Å². The smallest absolute Gasteiger partial charge is 0.252 e. The first-order valence-electron chi connectivity index (χ1n) is 4.48. The quantitative estimate of drug-likeness (QED) is 0.657. The molecule has 0 aliphatic heterocycles. The molecule has 0 aliphatic carbocycles. The highest BCUT2D eigenvalue weighted by Crippen LogP contribution is 2.25. The molecule has 0 saturated carbocycles. The molecule has 2 amide bonds. The van der Waals surface area contributed by atoms with Gasteiger partial charge in [-0.25, -0.2) is 0 Å². The maximum Gasteiger partial charge on any atom is 0.252 e. The first-order valence-corrected chi connectivity index (χ1v) is 4.93. The fourth-order valence-electron chi connectivity index (χ4n) is 1.13. The van der Waals surface area contributed by atoms with Crippen LogP contribution in [0.3, 0.4) is 0 Å². The number of carbonyl (C=O) groups excluding carboxylic acids is 2. The van der Waals surface area contributed by atoms with Crippen LogP contribution in [0, 0.1) is 0 Å². The summed E-state index contributed by atoms with van der Waals surface area (Å²) in [7, 11) is 1.49. The fraction of sp³-hybridized carbons (Fsp3) is 0.200. The van der Waals surface area contributed by atoms with E-state index >= 15 is 0 Å². The van der Waals surface area contributed by atoms with Gasteiger partial charge >= 0.3 is 0 Å². The molecule has 0 bridgehead atoms. The van der Waals surface area contributed by atoms with Crippen LogP contribution >= 0.6 is 12.6 Å². The van der Waals surface area contributed by atoms with Crippen molar-refractivity contribution in [2.24, 2.45) is 5.73 Å². The Balaban J connectivity index is 2.87. The van der Waals surface area contributed by atoms with Gasteiger partial charge in [0.25, 0.3) is 5.91 Å². The molecule has 0 spiro atoms. The van der Waals surface area contributed by atoms with Crippen LogP contribution in [0.4, 0.5) is 0 Å². The van der Waals surface area contributed by atoms with E-state index in [2.05, 4.69) is 17.9 Å². The van der Waals surface area contributed by atoms with Gasteiger partial charge in [-0.1, -0.05) is 6.07 Å². The Morgan fingerprint density at radius 3 is 2.75 bits per heavy atom. The number of hydrogen-bond donors (Lipinski definition) is 3. The molecule has 0 aromatic heterocycles. The standard InChI is InChI=1S/C10H12N2O3S/c1-15-7-4-2-3-6(9(7)16)10(14)12-5-8(11)13/h2-4,16H,5H2,1H3,(H2,11,13)(H,12,14). The van der Waals surface area contributed by atoms with Crippen LogP contribution in [0.2, 0.25) is 0 Å². The monoisotopic (exact) mass is 240 g/mol. The lowest BCUT2D eigenvalue weighted by molar-refractivity contribution is -0.117. The van der Waals surface area contributed by atoms with Crippen molar-refractivity contribution in [3.05, 3.63) is 23.8 Å². The third kappa shape index (κ3) is 2.90. The number of ether oxygens (including phenoxy) is 1. The fourth-order valence-corrected chi connectivity index (χ4v) is 1.47. The van der Waals surface area contributed by atoms with Gasteiger partial charge in [0.1, 0.15) is 5.75 Å². The Labute approximate surface area is 98.4 Å². The van der Waals surface area contributed by atoms with E-state index in [-0.39, 0.29) is 6.54 Å². The van der Waals surface area contributed by atoms with Crippen LogP contribution in [0.25, 0.3) is 0 Å². The number of nitrogens with two attached hydrogens (primary N) is 1. The zero-order valence-corrected chi connectivity index (χ0v) is 9.58. The van der Waals surface area contributed by atoms with Crippen LogP contribution in [-0.4, -0.2) is 25.5 Å². The summed E-state index contributed by atoms with van der Waals surface area (Å²) in [6.07, 6.45) is 0. The molecule has 16 heavy (non-hydrogen) atoms. The molecular weight excluding hydrogens is 228 g/mol. The Hall–Kier alpha value is -1.69. The van der Waals surface area contributed by atoms with E-state index in [9.17, 15) is 9.59 Å².